The summed E-state index contributed by atoms with van der Waals surface area (Å²) >= 11 is 3.40. The molecule has 1 atom stereocenters. The Morgan fingerprint density at radius 3 is 2.81 bits per heavy atom. The molecule has 0 aliphatic carbocycles. The molecular formula is C19H17BrN2O4. The lowest BCUT2D eigenvalue weighted by Crippen LogP contribution is -2.31. The second kappa shape index (κ2) is 8.14. The molecule has 6 nitrogen and oxygen atoms in total. The van der Waals surface area contributed by atoms with Crippen LogP contribution in [0.25, 0.3) is 11.0 Å². The lowest BCUT2D eigenvalue weighted by atomic mass is 10.0. The lowest BCUT2D eigenvalue weighted by molar-refractivity contribution is -0.141. The number of hydrogen-bond donors (Lipinski definition) is 1. The predicted molar refractivity (Wildman–Crippen MR) is 99.4 cm³/mol. The summed E-state index contributed by atoms with van der Waals surface area (Å²) in [4.78, 5) is 24.3. The molecule has 0 aliphatic heterocycles. The maximum absolute atomic E-state index is 12.5. The second-order valence-electron chi connectivity index (χ2n) is 5.76. The summed E-state index contributed by atoms with van der Waals surface area (Å²) in [7, 11) is 1.32. The van der Waals surface area contributed by atoms with Crippen LogP contribution in [0.4, 0.5) is 0 Å². The normalized spacial score (nSPS) is 11.9. The number of ether oxygens (including phenoxy) is 1. The van der Waals surface area contributed by atoms with Gasteiger partial charge in [0.25, 0.3) is 0 Å². The van der Waals surface area contributed by atoms with Crippen LogP contribution in [0.5, 0.6) is 0 Å². The van der Waals surface area contributed by atoms with E-state index in [1.54, 1.807) is 6.07 Å². The van der Waals surface area contributed by atoms with E-state index in [-0.39, 0.29) is 18.7 Å². The molecule has 0 spiro atoms. The van der Waals surface area contributed by atoms with Crippen LogP contribution in [0.2, 0.25) is 0 Å². The van der Waals surface area contributed by atoms with Gasteiger partial charge in [-0.2, -0.15) is 0 Å². The molecule has 3 aromatic rings. The largest absolute Gasteiger partial charge is 0.469 e. The van der Waals surface area contributed by atoms with E-state index in [2.05, 4.69) is 26.4 Å². The van der Waals surface area contributed by atoms with Gasteiger partial charge in [0.1, 0.15) is 5.69 Å². The standard InChI is InChI=1S/C19H17BrN2O4/c1-25-19(24)11-15(12-5-4-6-13(20)9-12)21-18(23)10-16-14-7-2-3-8-17(14)26-22-16/h2-9,15H,10-11H2,1H3,(H,21,23). The van der Waals surface area contributed by atoms with Crippen LogP contribution >= 0.6 is 15.9 Å². The van der Waals surface area contributed by atoms with Crippen molar-refractivity contribution in [1.29, 1.82) is 0 Å². The molecule has 0 radical (unpaired) electrons. The molecular weight excluding hydrogens is 400 g/mol. The van der Waals surface area contributed by atoms with Gasteiger partial charge >= 0.3 is 5.97 Å². The van der Waals surface area contributed by atoms with Crippen molar-refractivity contribution in [2.24, 2.45) is 0 Å². The number of rotatable bonds is 6. The Labute approximate surface area is 158 Å². The number of carbonyl (C=O) groups is 2. The highest BCUT2D eigenvalue weighted by Gasteiger charge is 2.20. The van der Waals surface area contributed by atoms with Gasteiger partial charge < -0.3 is 14.6 Å². The maximum atomic E-state index is 12.5. The first-order valence-corrected chi connectivity index (χ1v) is 8.81. The third kappa shape index (κ3) is 4.29. The van der Waals surface area contributed by atoms with Crippen LogP contribution < -0.4 is 5.32 Å². The lowest BCUT2D eigenvalue weighted by Gasteiger charge is -2.18. The number of aromatic nitrogens is 1. The molecule has 0 bridgehead atoms. The fourth-order valence-electron chi connectivity index (χ4n) is 2.69. The third-order valence-electron chi connectivity index (χ3n) is 3.96. The SMILES string of the molecule is COC(=O)CC(NC(=O)Cc1noc2ccccc12)c1cccc(Br)c1. The van der Waals surface area contributed by atoms with Gasteiger partial charge in [-0.25, -0.2) is 0 Å². The van der Waals surface area contributed by atoms with Gasteiger partial charge in [0.2, 0.25) is 5.91 Å². The van der Waals surface area contributed by atoms with E-state index in [1.165, 1.54) is 7.11 Å². The predicted octanol–water partition coefficient (Wildman–Crippen LogP) is 3.55. The number of para-hydroxylation sites is 1. The van der Waals surface area contributed by atoms with Crippen molar-refractivity contribution in [3.8, 4) is 0 Å². The molecule has 134 valence electrons. The Balaban J connectivity index is 1.77. The summed E-state index contributed by atoms with van der Waals surface area (Å²) in [6, 6.07) is 14.3. The number of methoxy groups -OCH3 is 1. The van der Waals surface area contributed by atoms with Crippen molar-refractivity contribution >= 4 is 38.8 Å². The Morgan fingerprint density at radius 2 is 2.04 bits per heavy atom. The van der Waals surface area contributed by atoms with Crippen LogP contribution in [0.3, 0.4) is 0 Å². The zero-order valence-electron chi connectivity index (χ0n) is 14.1. The first-order valence-electron chi connectivity index (χ1n) is 8.01. The van der Waals surface area contributed by atoms with Gasteiger partial charge in [-0.1, -0.05) is 45.4 Å². The molecule has 7 heteroatoms. The fraction of sp³-hybridized carbons (Fsp3) is 0.211. The highest BCUT2D eigenvalue weighted by Crippen LogP contribution is 2.22. The number of hydrogen-bond acceptors (Lipinski definition) is 5. The summed E-state index contributed by atoms with van der Waals surface area (Å²) in [5.74, 6) is -0.653. The van der Waals surface area contributed by atoms with Crippen molar-refractivity contribution in [3.63, 3.8) is 0 Å². The first-order chi connectivity index (χ1) is 12.6. The minimum absolute atomic E-state index is 0.0399. The average Bonchev–Trinajstić information content (AvgIpc) is 3.04. The number of carbonyl (C=O) groups excluding carboxylic acids is 2. The van der Waals surface area contributed by atoms with Crippen LogP contribution in [-0.2, 0) is 20.7 Å². The van der Waals surface area contributed by atoms with Gasteiger partial charge in [-0.05, 0) is 29.8 Å². The number of esters is 1. The molecule has 1 amide bonds. The second-order valence-corrected chi connectivity index (χ2v) is 6.67. The molecule has 1 N–H and O–H groups in total. The van der Waals surface area contributed by atoms with Crippen molar-refractivity contribution in [1.82, 2.24) is 10.5 Å². The molecule has 0 aliphatic rings. The van der Waals surface area contributed by atoms with Crippen molar-refractivity contribution in [3.05, 3.63) is 64.3 Å². The van der Waals surface area contributed by atoms with E-state index in [0.29, 0.717) is 11.3 Å². The quantitative estimate of drug-likeness (QED) is 0.621. The van der Waals surface area contributed by atoms with Crippen molar-refractivity contribution < 1.29 is 18.8 Å². The van der Waals surface area contributed by atoms with Crippen LogP contribution in [0, 0.1) is 0 Å². The fourth-order valence-corrected chi connectivity index (χ4v) is 3.11. The Bertz CT molecular complexity index is 938. The number of nitrogens with one attached hydrogen (secondary N) is 1. The molecule has 1 unspecified atom stereocenters. The Hall–Kier alpha value is -2.67. The van der Waals surface area contributed by atoms with Gasteiger partial charge in [-0.15, -0.1) is 0 Å². The van der Waals surface area contributed by atoms with E-state index in [1.807, 2.05) is 42.5 Å². The van der Waals surface area contributed by atoms with Crippen LogP contribution in [-0.4, -0.2) is 24.1 Å². The van der Waals surface area contributed by atoms with E-state index in [9.17, 15) is 9.59 Å². The van der Waals surface area contributed by atoms with E-state index < -0.39 is 12.0 Å². The Morgan fingerprint density at radius 1 is 1.23 bits per heavy atom. The van der Waals surface area contributed by atoms with Crippen molar-refractivity contribution in [2.75, 3.05) is 7.11 Å². The minimum atomic E-state index is -0.495. The molecule has 26 heavy (non-hydrogen) atoms. The number of fused-ring (bicyclic) bond motifs is 1. The number of halogens is 1. The topological polar surface area (TPSA) is 81.4 Å². The maximum Gasteiger partial charge on any atom is 0.307 e. The van der Waals surface area contributed by atoms with E-state index in [0.717, 1.165) is 15.4 Å². The zero-order chi connectivity index (χ0) is 18.5. The molecule has 1 aromatic heterocycles. The summed E-state index contributed by atoms with van der Waals surface area (Å²) in [6.45, 7) is 0. The summed E-state index contributed by atoms with van der Waals surface area (Å²) in [6.07, 6.45) is 0.0982. The van der Waals surface area contributed by atoms with Crippen LogP contribution in [0.1, 0.15) is 23.7 Å². The molecule has 1 heterocycles. The first kappa shape index (κ1) is 18.1. The summed E-state index contributed by atoms with van der Waals surface area (Å²) in [5.41, 5.74) is 2.00. The van der Waals surface area contributed by atoms with Gasteiger partial charge in [-0.3, -0.25) is 9.59 Å². The third-order valence-corrected chi connectivity index (χ3v) is 4.46. The summed E-state index contributed by atoms with van der Waals surface area (Å²) in [5, 5.41) is 7.66. The molecule has 0 saturated heterocycles. The molecule has 0 fully saturated rings. The van der Waals surface area contributed by atoms with Gasteiger partial charge in [0, 0.05) is 9.86 Å². The number of nitrogens with zero attached hydrogens (tertiary/aromatic N) is 1. The molecule has 0 saturated carbocycles. The molecule has 2 aromatic carbocycles. The zero-order valence-corrected chi connectivity index (χ0v) is 15.7. The number of benzene rings is 2. The Kier molecular flexibility index (Phi) is 5.68. The molecule has 3 rings (SSSR count). The van der Waals surface area contributed by atoms with Crippen molar-refractivity contribution in [2.45, 2.75) is 18.9 Å². The van der Waals surface area contributed by atoms with E-state index in [4.69, 9.17) is 9.26 Å². The minimum Gasteiger partial charge on any atom is -0.469 e. The smallest absolute Gasteiger partial charge is 0.307 e. The van der Waals surface area contributed by atoms with E-state index >= 15 is 0 Å². The summed E-state index contributed by atoms with van der Waals surface area (Å²) < 4.78 is 10.8. The average molecular weight is 417 g/mol. The monoisotopic (exact) mass is 416 g/mol. The highest BCUT2D eigenvalue weighted by molar-refractivity contribution is 9.10. The number of amides is 1. The van der Waals surface area contributed by atoms with Gasteiger partial charge in [0.05, 0.1) is 26.0 Å². The van der Waals surface area contributed by atoms with Crippen LogP contribution in [0.15, 0.2) is 57.5 Å². The van der Waals surface area contributed by atoms with Gasteiger partial charge in [0.15, 0.2) is 5.58 Å². The highest BCUT2D eigenvalue weighted by atomic mass is 79.9.